The lowest BCUT2D eigenvalue weighted by molar-refractivity contribution is 1.33. The highest BCUT2D eigenvalue weighted by molar-refractivity contribution is 7.20. The van der Waals surface area contributed by atoms with E-state index < -0.39 is 0 Å². The molecule has 6 rings (SSSR count). The lowest BCUT2D eigenvalue weighted by atomic mass is 9.95. The van der Waals surface area contributed by atoms with Crippen LogP contribution in [0.3, 0.4) is 0 Å². The molecule has 0 atom stereocenters. The Morgan fingerprint density at radius 3 is 2.17 bits per heavy atom. The van der Waals surface area contributed by atoms with Crippen molar-refractivity contribution in [2.45, 2.75) is 6.42 Å². The molecule has 0 fully saturated rings. The summed E-state index contributed by atoms with van der Waals surface area (Å²) in [6.45, 7) is 0. The topological polar surface area (TPSA) is 0 Å². The second-order valence-corrected chi connectivity index (χ2v) is 8.90. The molecule has 30 heavy (non-hydrogen) atoms. The van der Waals surface area contributed by atoms with Gasteiger partial charge in [0.15, 0.2) is 0 Å². The van der Waals surface area contributed by atoms with Crippen LogP contribution in [0.15, 0.2) is 103 Å². The van der Waals surface area contributed by atoms with Crippen LogP contribution in [0, 0.1) is 0 Å². The summed E-state index contributed by atoms with van der Waals surface area (Å²) < 4.78 is 1.36. The molecular formula is C29H20S. The first-order valence-corrected chi connectivity index (χ1v) is 11.1. The highest BCUT2D eigenvalue weighted by Crippen LogP contribution is 2.41. The molecule has 4 aromatic carbocycles. The van der Waals surface area contributed by atoms with E-state index in [0.29, 0.717) is 0 Å². The minimum absolute atomic E-state index is 1.01. The van der Waals surface area contributed by atoms with Crippen molar-refractivity contribution in [2.24, 2.45) is 0 Å². The van der Waals surface area contributed by atoms with E-state index in [4.69, 9.17) is 0 Å². The number of benzene rings is 4. The Labute approximate surface area is 180 Å². The van der Waals surface area contributed by atoms with Crippen LogP contribution < -0.4 is 0 Å². The van der Waals surface area contributed by atoms with Crippen LogP contribution in [0.25, 0.3) is 44.0 Å². The van der Waals surface area contributed by atoms with Gasteiger partial charge in [-0.2, -0.15) is 0 Å². The Kier molecular flexibility index (Phi) is 4.14. The summed E-state index contributed by atoms with van der Waals surface area (Å²) in [5, 5.41) is 1.34. The molecule has 1 aromatic heterocycles. The molecule has 1 aliphatic rings. The molecule has 0 bridgehead atoms. The maximum absolute atomic E-state index is 2.40. The van der Waals surface area contributed by atoms with Crippen LogP contribution in [0.5, 0.6) is 0 Å². The fraction of sp³-hybridized carbons (Fsp3) is 0.0345. The van der Waals surface area contributed by atoms with E-state index >= 15 is 0 Å². The van der Waals surface area contributed by atoms with Gasteiger partial charge >= 0.3 is 0 Å². The number of allylic oxidation sites excluding steroid dienone is 1. The maximum Gasteiger partial charge on any atom is 0.0349 e. The monoisotopic (exact) mass is 400 g/mol. The van der Waals surface area contributed by atoms with Gasteiger partial charge in [0, 0.05) is 9.58 Å². The first-order chi connectivity index (χ1) is 14.8. The van der Waals surface area contributed by atoms with E-state index in [9.17, 15) is 0 Å². The molecule has 142 valence electrons. The van der Waals surface area contributed by atoms with Gasteiger partial charge in [0.05, 0.1) is 0 Å². The lowest BCUT2D eigenvalue weighted by Gasteiger charge is -2.09. The van der Waals surface area contributed by atoms with Gasteiger partial charge in [-0.3, -0.25) is 0 Å². The molecular weight excluding hydrogens is 380 g/mol. The summed E-state index contributed by atoms with van der Waals surface area (Å²) in [5.41, 5.74) is 9.34. The van der Waals surface area contributed by atoms with Crippen molar-refractivity contribution in [1.29, 1.82) is 0 Å². The van der Waals surface area contributed by atoms with Gasteiger partial charge in [-0.05, 0) is 69.0 Å². The fourth-order valence-electron chi connectivity index (χ4n) is 4.39. The summed E-state index contributed by atoms with van der Waals surface area (Å²) in [7, 11) is 0. The maximum atomic E-state index is 2.40. The van der Waals surface area contributed by atoms with Crippen molar-refractivity contribution in [3.8, 4) is 22.3 Å². The molecule has 0 spiro atoms. The Balaban J connectivity index is 1.38. The molecule has 0 saturated heterocycles. The van der Waals surface area contributed by atoms with Crippen LogP contribution in [-0.4, -0.2) is 0 Å². The van der Waals surface area contributed by atoms with E-state index in [1.165, 1.54) is 53.9 Å². The van der Waals surface area contributed by atoms with Gasteiger partial charge in [-0.1, -0.05) is 91.0 Å². The molecule has 0 aliphatic heterocycles. The predicted molar refractivity (Wildman–Crippen MR) is 131 cm³/mol. The average Bonchev–Trinajstić information content (AvgIpc) is 3.44. The largest absolute Gasteiger partial charge is 0.136 e. The molecule has 0 saturated carbocycles. The lowest BCUT2D eigenvalue weighted by Crippen LogP contribution is -1.87. The molecule has 1 heterocycles. The third-order valence-corrected chi connectivity index (χ3v) is 7.13. The molecule has 0 unspecified atom stereocenters. The van der Waals surface area contributed by atoms with Crippen LogP contribution in [-0.2, 0) is 6.42 Å². The standard InChI is InChI=1S/C29H20S/c1-2-7-20(8-3-1)21-13-15-22(16-14-21)26-11-6-10-23-17-25(18-27(23)26)29-19-24-9-4-5-12-28(24)30-29/h1-16,18-19H,17H2. The summed E-state index contributed by atoms with van der Waals surface area (Å²) in [6.07, 6.45) is 3.42. The fourth-order valence-corrected chi connectivity index (χ4v) is 5.47. The highest BCUT2D eigenvalue weighted by atomic mass is 32.1. The van der Waals surface area contributed by atoms with Gasteiger partial charge in [0.1, 0.15) is 0 Å². The van der Waals surface area contributed by atoms with Crippen LogP contribution in [0.4, 0.5) is 0 Å². The molecule has 0 N–H and O–H groups in total. The molecule has 5 aromatic rings. The summed E-state index contributed by atoms with van der Waals surface area (Å²) >= 11 is 1.90. The zero-order chi connectivity index (χ0) is 19.9. The van der Waals surface area contributed by atoms with E-state index in [1.807, 2.05) is 11.3 Å². The van der Waals surface area contributed by atoms with Gasteiger partial charge in [-0.25, -0.2) is 0 Å². The highest BCUT2D eigenvalue weighted by Gasteiger charge is 2.19. The normalized spacial score (nSPS) is 12.7. The minimum atomic E-state index is 1.01. The van der Waals surface area contributed by atoms with E-state index in [2.05, 4.69) is 109 Å². The second kappa shape index (κ2) is 7.12. The van der Waals surface area contributed by atoms with Gasteiger partial charge in [0.25, 0.3) is 0 Å². The summed E-state index contributed by atoms with van der Waals surface area (Å²) in [6, 6.07) is 37.3. The number of hydrogen-bond acceptors (Lipinski definition) is 1. The number of rotatable bonds is 3. The van der Waals surface area contributed by atoms with Crippen molar-refractivity contribution in [1.82, 2.24) is 0 Å². The quantitative estimate of drug-likeness (QED) is 0.285. The molecule has 0 radical (unpaired) electrons. The van der Waals surface area contributed by atoms with Crippen LogP contribution in [0.1, 0.15) is 16.0 Å². The van der Waals surface area contributed by atoms with Crippen molar-refractivity contribution < 1.29 is 0 Å². The molecule has 0 nitrogen and oxygen atoms in total. The summed E-state index contributed by atoms with van der Waals surface area (Å²) in [5.74, 6) is 0. The zero-order valence-corrected chi connectivity index (χ0v) is 17.3. The van der Waals surface area contributed by atoms with Crippen LogP contribution >= 0.6 is 11.3 Å². The molecule has 0 amide bonds. The predicted octanol–water partition coefficient (Wildman–Crippen LogP) is 8.33. The van der Waals surface area contributed by atoms with Gasteiger partial charge < -0.3 is 0 Å². The van der Waals surface area contributed by atoms with Crippen molar-refractivity contribution >= 4 is 33.1 Å². The van der Waals surface area contributed by atoms with Gasteiger partial charge in [-0.15, -0.1) is 11.3 Å². The number of fused-ring (bicyclic) bond motifs is 2. The molecule has 1 heteroatoms. The van der Waals surface area contributed by atoms with Crippen LogP contribution in [0.2, 0.25) is 0 Å². The average molecular weight is 401 g/mol. The Hall–Kier alpha value is -3.42. The smallest absolute Gasteiger partial charge is 0.0349 e. The first kappa shape index (κ1) is 17.4. The van der Waals surface area contributed by atoms with Crippen molar-refractivity contribution in [3.05, 3.63) is 119 Å². The van der Waals surface area contributed by atoms with Gasteiger partial charge in [0.2, 0.25) is 0 Å². The van der Waals surface area contributed by atoms with E-state index in [0.717, 1.165) is 6.42 Å². The third-order valence-electron chi connectivity index (χ3n) is 5.94. The Morgan fingerprint density at radius 1 is 0.600 bits per heavy atom. The SMILES string of the molecule is C1=C(c2cc3ccccc3s2)Cc2cccc(-c3ccc(-c4ccccc4)cc3)c21. The Bertz CT molecular complexity index is 1350. The van der Waals surface area contributed by atoms with Crippen molar-refractivity contribution in [3.63, 3.8) is 0 Å². The Morgan fingerprint density at radius 2 is 1.33 bits per heavy atom. The van der Waals surface area contributed by atoms with E-state index in [-0.39, 0.29) is 0 Å². The second-order valence-electron chi connectivity index (χ2n) is 7.82. The zero-order valence-electron chi connectivity index (χ0n) is 16.5. The van der Waals surface area contributed by atoms with E-state index in [1.54, 1.807) is 0 Å². The summed E-state index contributed by atoms with van der Waals surface area (Å²) in [4.78, 5) is 1.39. The number of thiophene rings is 1. The first-order valence-electron chi connectivity index (χ1n) is 10.3. The van der Waals surface area contributed by atoms with Crippen molar-refractivity contribution in [2.75, 3.05) is 0 Å². The number of hydrogen-bond donors (Lipinski definition) is 0. The third kappa shape index (κ3) is 2.99. The minimum Gasteiger partial charge on any atom is -0.136 e. The molecule has 1 aliphatic carbocycles.